The molecule has 0 spiro atoms. The van der Waals surface area contributed by atoms with Gasteiger partial charge in [-0.1, -0.05) is 18.1 Å². The monoisotopic (exact) mass is 631 g/mol. The maximum absolute atomic E-state index is 14.0. The molecular formula is C29H33ClFN6O5S+. The molecule has 2 atom stereocenters. The molecule has 14 heteroatoms. The second-order valence-electron chi connectivity index (χ2n) is 9.61. The summed E-state index contributed by atoms with van der Waals surface area (Å²) in [5.41, 5.74) is 1.84. The number of nitrogens with one attached hydrogen (secondary N) is 3. The Balaban J connectivity index is 1.31. The lowest BCUT2D eigenvalue weighted by Crippen LogP contribution is -2.59. The molecular weight excluding hydrogens is 599 g/mol. The first-order valence-corrected chi connectivity index (χ1v) is 15.1. The number of methoxy groups -OCH3 is 1. The largest absolute Gasteiger partial charge is 0.496 e. The van der Waals surface area contributed by atoms with Crippen molar-refractivity contribution in [3.8, 4) is 17.2 Å². The molecule has 3 N–H and O–H groups in total. The van der Waals surface area contributed by atoms with E-state index in [1.54, 1.807) is 51.4 Å². The highest BCUT2D eigenvalue weighted by Crippen LogP contribution is 2.26. The van der Waals surface area contributed by atoms with Gasteiger partial charge in [0.2, 0.25) is 10.9 Å². The third-order valence-electron chi connectivity index (χ3n) is 6.62. The molecule has 2 heterocycles. The summed E-state index contributed by atoms with van der Waals surface area (Å²) < 4.78 is 24.7. The highest BCUT2D eigenvalue weighted by molar-refractivity contribution is 7.99. The van der Waals surface area contributed by atoms with Crippen LogP contribution in [0.3, 0.4) is 0 Å². The van der Waals surface area contributed by atoms with Crippen LogP contribution in [0.1, 0.15) is 30.3 Å². The molecule has 1 aromatic heterocycles. The number of nitrogens with zero attached hydrogens (tertiary/aromatic N) is 3. The predicted molar refractivity (Wildman–Crippen MR) is 156 cm³/mol. The first-order valence-electron chi connectivity index (χ1n) is 13.5. The number of hydrogen-bond acceptors (Lipinski definition) is 10. The molecule has 0 saturated heterocycles. The number of carbonyl (C=O) groups excluding carboxylic acids is 3. The lowest BCUT2D eigenvalue weighted by atomic mass is 10.1. The molecule has 2 amide bonds. The van der Waals surface area contributed by atoms with E-state index >= 15 is 0 Å². The first kappa shape index (κ1) is 32.0. The molecule has 2 unspecified atom stereocenters. The molecule has 228 valence electrons. The number of hydrogen-bond donors (Lipinski definition) is 3. The number of thioether (sulfide) groups is 1. The van der Waals surface area contributed by atoms with Crippen LogP contribution >= 0.6 is 11.8 Å². The Bertz CT molecular complexity index is 1480. The van der Waals surface area contributed by atoms with Gasteiger partial charge in [0.1, 0.15) is 17.6 Å². The molecule has 0 aliphatic carbocycles. The van der Waals surface area contributed by atoms with Crippen molar-refractivity contribution in [3.05, 3.63) is 76.6 Å². The summed E-state index contributed by atoms with van der Waals surface area (Å²) in [6.45, 7) is 3.56. The Morgan fingerprint density at radius 1 is 1.30 bits per heavy atom. The summed E-state index contributed by atoms with van der Waals surface area (Å²) >= 11 is 6.37. The van der Waals surface area contributed by atoms with Crippen molar-refractivity contribution in [2.75, 3.05) is 19.4 Å². The second kappa shape index (κ2) is 15.0. The molecule has 1 aliphatic rings. The van der Waals surface area contributed by atoms with E-state index in [0.717, 1.165) is 5.56 Å². The molecule has 0 radical (unpaired) electrons. The number of rotatable bonds is 14. The molecule has 0 saturated carbocycles. The molecule has 4 rings (SSSR count). The van der Waals surface area contributed by atoms with Crippen LogP contribution in [-0.2, 0) is 26.7 Å². The number of aryl methyl sites for hydroxylation is 1. The van der Waals surface area contributed by atoms with Gasteiger partial charge in [-0.15, -0.1) is 11.8 Å². The van der Waals surface area contributed by atoms with E-state index in [9.17, 15) is 18.8 Å². The lowest BCUT2D eigenvalue weighted by molar-refractivity contribution is -0.290. The van der Waals surface area contributed by atoms with E-state index in [-0.39, 0.29) is 36.3 Å². The van der Waals surface area contributed by atoms with Crippen molar-refractivity contribution in [1.82, 2.24) is 31.0 Å². The molecule has 0 fully saturated rings. The minimum Gasteiger partial charge on any atom is -0.496 e. The first-order chi connectivity index (χ1) is 20.7. The van der Waals surface area contributed by atoms with Gasteiger partial charge in [0.15, 0.2) is 29.4 Å². The van der Waals surface area contributed by atoms with Gasteiger partial charge in [0.05, 0.1) is 25.0 Å². The van der Waals surface area contributed by atoms with Crippen molar-refractivity contribution >= 4 is 29.4 Å². The van der Waals surface area contributed by atoms with Crippen molar-refractivity contribution < 1.29 is 39.6 Å². The maximum Gasteiger partial charge on any atom is 0.264 e. The summed E-state index contributed by atoms with van der Waals surface area (Å²) in [5, 5.41) is 13.0. The number of ketones is 1. The fourth-order valence-corrected chi connectivity index (χ4v) is 5.67. The van der Waals surface area contributed by atoms with Crippen LogP contribution in [0.4, 0.5) is 4.39 Å². The van der Waals surface area contributed by atoms with Crippen molar-refractivity contribution in [2.24, 2.45) is 0 Å². The van der Waals surface area contributed by atoms with E-state index in [1.165, 1.54) is 28.9 Å². The van der Waals surface area contributed by atoms with Crippen molar-refractivity contribution in [3.63, 3.8) is 0 Å². The zero-order chi connectivity index (χ0) is 30.9. The quantitative estimate of drug-likeness (QED) is 0.243. The smallest absolute Gasteiger partial charge is 0.264 e. The molecule has 0 bridgehead atoms. The van der Waals surface area contributed by atoms with Crippen molar-refractivity contribution in [1.29, 1.82) is 0 Å². The molecule has 2 aromatic carbocycles. The maximum atomic E-state index is 14.0. The van der Waals surface area contributed by atoms with Crippen LogP contribution in [0.5, 0.6) is 5.75 Å². The number of benzene rings is 2. The fraction of sp³-hybridized carbons (Fsp3) is 0.345. The molecule has 3 aromatic rings. The van der Waals surface area contributed by atoms with Crippen LogP contribution < -0.4 is 20.7 Å². The van der Waals surface area contributed by atoms with Gasteiger partial charge in [-0.2, -0.15) is 4.98 Å². The molecule has 1 aliphatic heterocycles. The highest BCUT2D eigenvalue weighted by Gasteiger charge is 2.33. The van der Waals surface area contributed by atoms with Crippen LogP contribution in [0.15, 0.2) is 53.3 Å². The third kappa shape index (κ3) is 8.12. The minimum atomic E-state index is -0.824. The fourth-order valence-electron chi connectivity index (χ4n) is 4.40. The van der Waals surface area contributed by atoms with E-state index in [2.05, 4.69) is 26.1 Å². The normalized spacial score (nSPS) is 15.2. The number of Topliss-reactive ketones (excluding diaryl/α,β-unsaturated/α-hetero) is 1. The number of amides is 2. The van der Waals surface area contributed by atoms with E-state index < -0.39 is 23.9 Å². The summed E-state index contributed by atoms with van der Waals surface area (Å²) in [6.07, 6.45) is 2.59. The number of aromatic nitrogens is 2. The van der Waals surface area contributed by atoms with E-state index in [1.807, 2.05) is 6.07 Å². The van der Waals surface area contributed by atoms with Crippen LogP contribution in [-0.4, -0.2) is 64.3 Å². The Hall–Kier alpha value is -3.94. The van der Waals surface area contributed by atoms with Crippen LogP contribution in [0.25, 0.3) is 11.5 Å². The number of halogens is 2. The summed E-state index contributed by atoms with van der Waals surface area (Å²) in [4.78, 5) is 44.4. The SMILES string of the molecule is CCC(C(=O)NCC(=O)CSCc1c(F)cccc1[ClH+])N1C=CNC(NCc2cc(-c3nc(C)no3)ccc2OC)C1=O. The van der Waals surface area contributed by atoms with Crippen LogP contribution in [0.2, 0.25) is 5.02 Å². The summed E-state index contributed by atoms with van der Waals surface area (Å²) in [6, 6.07) is 9.11. The van der Waals surface area contributed by atoms with E-state index in [0.29, 0.717) is 40.0 Å². The van der Waals surface area contributed by atoms with Gasteiger partial charge in [-0.05, 0) is 37.6 Å². The predicted octanol–water partition coefficient (Wildman–Crippen LogP) is 2.60. The Morgan fingerprint density at radius 3 is 2.81 bits per heavy atom. The number of ether oxygens (including phenoxy) is 1. The molecule has 43 heavy (non-hydrogen) atoms. The number of carbonyl (C=O) groups is 3. The van der Waals surface area contributed by atoms with Gasteiger partial charge < -0.3 is 24.8 Å². The average molecular weight is 632 g/mol. The summed E-state index contributed by atoms with van der Waals surface area (Å²) in [5.74, 6) is 0.368. The zero-order valence-electron chi connectivity index (χ0n) is 23.9. The van der Waals surface area contributed by atoms with Crippen molar-refractivity contribution in [2.45, 2.75) is 44.8 Å². The van der Waals surface area contributed by atoms with Crippen LogP contribution in [0, 0.1) is 24.3 Å². The third-order valence-corrected chi connectivity index (χ3v) is 8.02. The van der Waals surface area contributed by atoms with Gasteiger partial charge in [-0.25, -0.2) is 4.39 Å². The Kier molecular flexibility index (Phi) is 11.1. The average Bonchev–Trinajstić information content (AvgIpc) is 3.44. The minimum absolute atomic E-state index is 0.0788. The molecule has 11 nitrogen and oxygen atoms in total. The van der Waals surface area contributed by atoms with Gasteiger partial charge >= 0.3 is 0 Å². The topological polar surface area (TPSA) is 139 Å². The standard InChI is InChI=1S/C29H32ClFN6O5S/c1-4-24(27(39)34-14-20(38)15-43-16-21-22(30)6-5-7-23(21)31)37-11-10-32-26(29(37)40)33-13-19-12-18(8-9-25(19)41-3)28-35-17(2)36-42-28/h5-12,24,26,30,32-33H,4,13-16H2,1-3H3/p+1. The Morgan fingerprint density at radius 2 is 2.12 bits per heavy atom. The van der Waals surface area contributed by atoms with Gasteiger partial charge in [0, 0.05) is 41.9 Å². The second-order valence-corrected chi connectivity index (χ2v) is 11.0. The van der Waals surface area contributed by atoms with Gasteiger partial charge in [0.25, 0.3) is 11.8 Å². The zero-order valence-corrected chi connectivity index (χ0v) is 25.5. The van der Waals surface area contributed by atoms with E-state index in [4.69, 9.17) is 20.9 Å². The Labute approximate surface area is 257 Å². The highest BCUT2D eigenvalue weighted by atomic mass is 35.5. The lowest BCUT2D eigenvalue weighted by Gasteiger charge is -2.34. The van der Waals surface area contributed by atoms with Gasteiger partial charge in [-0.3, -0.25) is 19.7 Å². The summed E-state index contributed by atoms with van der Waals surface area (Å²) in [7, 11) is 1.55.